The number of thiophene rings is 1. The number of benzene rings is 2. The van der Waals surface area contributed by atoms with Crippen molar-refractivity contribution in [3.05, 3.63) is 87.8 Å². The van der Waals surface area contributed by atoms with Crippen molar-refractivity contribution in [1.29, 1.82) is 0 Å². The lowest BCUT2D eigenvalue weighted by molar-refractivity contribution is -0.116. The van der Waals surface area contributed by atoms with Crippen LogP contribution >= 0.6 is 11.3 Å². The summed E-state index contributed by atoms with van der Waals surface area (Å²) in [5.74, 6) is -0.530. The van der Waals surface area contributed by atoms with E-state index in [0.717, 1.165) is 41.1 Å². The summed E-state index contributed by atoms with van der Waals surface area (Å²) in [6.07, 6.45) is 1.07. The molecule has 2 heterocycles. The number of carbonyl (C=O) groups is 2. The van der Waals surface area contributed by atoms with Crippen LogP contribution in [0.3, 0.4) is 0 Å². The third-order valence-electron chi connectivity index (χ3n) is 6.34. The number of ether oxygens (including phenoxy) is 1. The zero-order chi connectivity index (χ0) is 24.1. The van der Waals surface area contributed by atoms with E-state index >= 15 is 0 Å². The van der Waals surface area contributed by atoms with Crippen molar-refractivity contribution in [1.82, 2.24) is 4.90 Å². The summed E-state index contributed by atoms with van der Waals surface area (Å²) in [5, 5.41) is 3.69. The summed E-state index contributed by atoms with van der Waals surface area (Å²) in [4.78, 5) is 29.7. The Morgan fingerprint density at radius 3 is 2.21 bits per heavy atom. The second kappa shape index (κ2) is 11.0. The van der Waals surface area contributed by atoms with Crippen molar-refractivity contribution in [3.8, 4) is 0 Å². The molecule has 1 aliphatic heterocycles. The Balaban J connectivity index is 1.61. The Morgan fingerprint density at radius 2 is 1.65 bits per heavy atom. The van der Waals surface area contributed by atoms with E-state index in [1.54, 1.807) is 6.92 Å². The van der Waals surface area contributed by atoms with Gasteiger partial charge in [0.15, 0.2) is 0 Å². The fourth-order valence-corrected chi connectivity index (χ4v) is 5.81. The van der Waals surface area contributed by atoms with Crippen molar-refractivity contribution >= 4 is 28.2 Å². The van der Waals surface area contributed by atoms with Gasteiger partial charge in [-0.2, -0.15) is 0 Å². The molecular formula is C28H32N2O3S. The molecule has 0 spiro atoms. The molecule has 0 radical (unpaired) electrons. The largest absolute Gasteiger partial charge is 0.462 e. The number of hydrogen-bond acceptors (Lipinski definition) is 5. The van der Waals surface area contributed by atoms with E-state index in [-0.39, 0.29) is 24.2 Å². The molecule has 3 aromatic rings. The quantitative estimate of drug-likeness (QED) is 0.414. The van der Waals surface area contributed by atoms with Gasteiger partial charge in [0.2, 0.25) is 5.91 Å². The maximum absolute atomic E-state index is 13.3. The predicted octanol–water partition coefficient (Wildman–Crippen LogP) is 5.85. The van der Waals surface area contributed by atoms with E-state index < -0.39 is 0 Å². The molecule has 0 saturated carbocycles. The Hall–Kier alpha value is -2.96. The molecule has 1 amide bonds. The van der Waals surface area contributed by atoms with Gasteiger partial charge >= 0.3 is 5.97 Å². The standard InChI is InChI=1S/C28H32N2O3S/c1-4-33-28(32)26-22-15-16-30(19(2)3)18-24(22)34-27(26)29-25(31)17-23(20-11-7-5-8-12-20)21-13-9-6-10-14-21/h5-14,19,23H,4,15-18H2,1-3H3,(H,29,31). The minimum atomic E-state index is -0.351. The molecule has 6 heteroatoms. The van der Waals surface area contributed by atoms with Gasteiger partial charge in [0.05, 0.1) is 12.2 Å². The monoisotopic (exact) mass is 476 g/mol. The van der Waals surface area contributed by atoms with E-state index in [9.17, 15) is 9.59 Å². The number of carbonyl (C=O) groups excluding carboxylic acids is 2. The number of anilines is 1. The summed E-state index contributed by atoms with van der Waals surface area (Å²) < 4.78 is 5.37. The fourth-order valence-electron chi connectivity index (χ4n) is 4.53. The Labute approximate surface area is 205 Å². The van der Waals surface area contributed by atoms with Crippen LogP contribution in [0.5, 0.6) is 0 Å². The van der Waals surface area contributed by atoms with Crippen LogP contribution in [0, 0.1) is 0 Å². The number of rotatable bonds is 8. The first-order chi connectivity index (χ1) is 16.5. The van der Waals surface area contributed by atoms with Crippen LogP contribution in [0.25, 0.3) is 0 Å². The number of nitrogens with zero attached hydrogens (tertiary/aromatic N) is 1. The summed E-state index contributed by atoms with van der Waals surface area (Å²) in [5.41, 5.74) is 3.74. The maximum atomic E-state index is 13.3. The maximum Gasteiger partial charge on any atom is 0.341 e. The minimum Gasteiger partial charge on any atom is -0.462 e. The van der Waals surface area contributed by atoms with Gasteiger partial charge in [0, 0.05) is 36.3 Å². The van der Waals surface area contributed by atoms with Crippen LogP contribution in [-0.2, 0) is 22.5 Å². The first-order valence-electron chi connectivity index (χ1n) is 11.9. The van der Waals surface area contributed by atoms with E-state index in [1.165, 1.54) is 11.3 Å². The zero-order valence-electron chi connectivity index (χ0n) is 20.0. The highest BCUT2D eigenvalue weighted by atomic mass is 32.1. The lowest BCUT2D eigenvalue weighted by Gasteiger charge is -2.30. The Kier molecular flexibility index (Phi) is 7.80. The molecule has 178 valence electrons. The van der Waals surface area contributed by atoms with E-state index in [2.05, 4.69) is 48.3 Å². The molecule has 1 aliphatic rings. The predicted molar refractivity (Wildman–Crippen MR) is 137 cm³/mol. The van der Waals surface area contributed by atoms with Gasteiger partial charge in [-0.3, -0.25) is 9.69 Å². The first kappa shape index (κ1) is 24.2. The lowest BCUT2D eigenvalue weighted by Crippen LogP contribution is -2.35. The number of amides is 1. The smallest absolute Gasteiger partial charge is 0.341 e. The molecule has 1 aromatic heterocycles. The van der Waals surface area contributed by atoms with Crippen molar-refractivity contribution in [2.45, 2.75) is 52.1 Å². The van der Waals surface area contributed by atoms with Gasteiger partial charge in [0.1, 0.15) is 5.00 Å². The lowest BCUT2D eigenvalue weighted by atomic mass is 9.88. The van der Waals surface area contributed by atoms with Crippen molar-refractivity contribution in [3.63, 3.8) is 0 Å². The normalized spacial score (nSPS) is 13.7. The summed E-state index contributed by atoms with van der Waals surface area (Å²) in [6.45, 7) is 8.16. The zero-order valence-corrected chi connectivity index (χ0v) is 20.9. The second-order valence-corrected chi connectivity index (χ2v) is 9.97. The van der Waals surface area contributed by atoms with E-state index in [0.29, 0.717) is 23.2 Å². The molecule has 5 nitrogen and oxygen atoms in total. The van der Waals surface area contributed by atoms with E-state index in [1.807, 2.05) is 36.4 Å². The molecule has 0 fully saturated rings. The van der Waals surface area contributed by atoms with Crippen LogP contribution < -0.4 is 5.32 Å². The molecule has 2 aromatic carbocycles. The highest BCUT2D eigenvalue weighted by Gasteiger charge is 2.30. The third-order valence-corrected chi connectivity index (χ3v) is 7.47. The molecule has 0 unspecified atom stereocenters. The third kappa shape index (κ3) is 5.40. The summed E-state index contributed by atoms with van der Waals surface area (Å²) >= 11 is 1.51. The van der Waals surface area contributed by atoms with Gasteiger partial charge in [-0.15, -0.1) is 11.3 Å². The van der Waals surface area contributed by atoms with Crippen molar-refractivity contribution in [2.24, 2.45) is 0 Å². The van der Waals surface area contributed by atoms with Gasteiger partial charge < -0.3 is 10.1 Å². The van der Waals surface area contributed by atoms with Crippen LogP contribution in [0.1, 0.15) is 65.0 Å². The van der Waals surface area contributed by atoms with Crippen molar-refractivity contribution < 1.29 is 14.3 Å². The molecule has 1 N–H and O–H groups in total. The molecule has 4 rings (SSSR count). The minimum absolute atomic E-state index is 0.0699. The fraction of sp³-hybridized carbons (Fsp3) is 0.357. The topological polar surface area (TPSA) is 58.6 Å². The highest BCUT2D eigenvalue weighted by Crippen LogP contribution is 2.38. The van der Waals surface area contributed by atoms with Gasteiger partial charge in [-0.05, 0) is 43.9 Å². The molecule has 0 saturated heterocycles. The number of hydrogen-bond donors (Lipinski definition) is 1. The van der Waals surface area contributed by atoms with Crippen molar-refractivity contribution in [2.75, 3.05) is 18.5 Å². The Bertz CT molecular complexity index is 1090. The first-order valence-corrected chi connectivity index (χ1v) is 12.7. The van der Waals surface area contributed by atoms with E-state index in [4.69, 9.17) is 4.74 Å². The SMILES string of the molecule is CCOC(=O)c1c(NC(=O)CC(c2ccccc2)c2ccccc2)sc2c1CCN(C(C)C)C2. The summed E-state index contributed by atoms with van der Waals surface area (Å²) in [7, 11) is 0. The van der Waals surface area contributed by atoms with Crippen LogP contribution in [0.15, 0.2) is 60.7 Å². The average Bonchev–Trinajstić information content (AvgIpc) is 3.20. The van der Waals surface area contributed by atoms with Crippen LogP contribution in [0.2, 0.25) is 0 Å². The van der Waals surface area contributed by atoms with Gasteiger partial charge in [-0.1, -0.05) is 60.7 Å². The summed E-state index contributed by atoms with van der Waals surface area (Å²) in [6, 6.07) is 20.6. The number of fused-ring (bicyclic) bond motifs is 1. The molecule has 0 atom stereocenters. The molecule has 0 aliphatic carbocycles. The second-order valence-electron chi connectivity index (χ2n) is 8.87. The molecule has 34 heavy (non-hydrogen) atoms. The van der Waals surface area contributed by atoms with Gasteiger partial charge in [-0.25, -0.2) is 4.79 Å². The number of esters is 1. The van der Waals surface area contributed by atoms with Crippen LogP contribution in [-0.4, -0.2) is 36.0 Å². The van der Waals surface area contributed by atoms with Gasteiger partial charge in [0.25, 0.3) is 0 Å². The number of nitrogens with one attached hydrogen (secondary N) is 1. The average molecular weight is 477 g/mol. The molecular weight excluding hydrogens is 444 g/mol. The highest BCUT2D eigenvalue weighted by molar-refractivity contribution is 7.17. The molecule has 0 bridgehead atoms. The Morgan fingerprint density at radius 1 is 1.03 bits per heavy atom. The van der Waals surface area contributed by atoms with Crippen LogP contribution in [0.4, 0.5) is 5.00 Å².